The Balaban J connectivity index is 2.13. The van der Waals surface area contributed by atoms with Crippen molar-refractivity contribution in [2.45, 2.75) is 32.7 Å². The van der Waals surface area contributed by atoms with Crippen LogP contribution in [0.25, 0.3) is 11.4 Å². The van der Waals surface area contributed by atoms with Crippen LogP contribution in [0.4, 0.5) is 0 Å². The molecule has 0 spiro atoms. The fraction of sp³-hybridized carbons (Fsp3) is 0.429. The van der Waals surface area contributed by atoms with Crippen LogP contribution in [0, 0.1) is 0 Å². The number of benzene rings is 1. The van der Waals surface area contributed by atoms with E-state index in [0.717, 1.165) is 24.9 Å². The van der Waals surface area contributed by atoms with Crippen LogP contribution in [0.1, 0.15) is 26.2 Å². The maximum Gasteiger partial charge on any atom is 0.228 e. The highest BCUT2D eigenvalue weighted by atomic mass is 35.5. The van der Waals surface area contributed by atoms with E-state index < -0.39 is 0 Å². The van der Waals surface area contributed by atoms with E-state index in [1.807, 2.05) is 24.3 Å². The predicted molar refractivity (Wildman–Crippen MR) is 76.2 cm³/mol. The van der Waals surface area contributed by atoms with Gasteiger partial charge in [-0.1, -0.05) is 42.7 Å². The molecule has 1 N–H and O–H groups in total. The average Bonchev–Trinajstić information content (AvgIpc) is 2.87. The van der Waals surface area contributed by atoms with Gasteiger partial charge in [0.15, 0.2) is 0 Å². The zero-order chi connectivity index (χ0) is 13.7. The summed E-state index contributed by atoms with van der Waals surface area (Å²) in [6, 6.07) is 7.86. The Kier molecular flexibility index (Phi) is 4.93. The summed E-state index contributed by atoms with van der Waals surface area (Å²) in [5.74, 6) is 1.19. The molecule has 1 aromatic carbocycles. The van der Waals surface area contributed by atoms with Crippen LogP contribution < -0.4 is 5.32 Å². The van der Waals surface area contributed by atoms with Crippen LogP contribution in [-0.4, -0.2) is 22.7 Å². The van der Waals surface area contributed by atoms with Crippen LogP contribution in [0.15, 0.2) is 28.8 Å². The van der Waals surface area contributed by atoms with Crippen LogP contribution in [0.5, 0.6) is 0 Å². The topological polar surface area (TPSA) is 51.0 Å². The third-order valence-corrected chi connectivity index (χ3v) is 3.32. The van der Waals surface area contributed by atoms with E-state index >= 15 is 0 Å². The van der Waals surface area contributed by atoms with Crippen LogP contribution in [0.2, 0.25) is 5.02 Å². The second-order valence-electron chi connectivity index (χ2n) is 4.36. The Labute approximate surface area is 118 Å². The first-order valence-electron chi connectivity index (χ1n) is 6.55. The molecule has 1 aromatic heterocycles. The second-order valence-corrected chi connectivity index (χ2v) is 4.77. The summed E-state index contributed by atoms with van der Waals surface area (Å²) in [5.41, 5.74) is 0.802. The summed E-state index contributed by atoms with van der Waals surface area (Å²) in [4.78, 5) is 4.41. The second kappa shape index (κ2) is 6.68. The van der Waals surface area contributed by atoms with Crippen molar-refractivity contribution in [2.24, 2.45) is 0 Å². The summed E-state index contributed by atoms with van der Waals surface area (Å²) < 4.78 is 5.29. The molecule has 0 saturated heterocycles. The number of likely N-dealkylation sites (N-methyl/N-ethyl adjacent to an activating group) is 1. The SMILES string of the molecule is CCNC(CC)Cc1nc(-c2ccccc2Cl)no1. The Morgan fingerprint density at radius 1 is 1.32 bits per heavy atom. The van der Waals surface area contributed by atoms with Crippen LogP contribution in [-0.2, 0) is 6.42 Å². The molecule has 0 fully saturated rings. The summed E-state index contributed by atoms with van der Waals surface area (Å²) in [5, 5.41) is 8.02. The molecule has 2 rings (SSSR count). The first-order chi connectivity index (χ1) is 9.24. The molecule has 102 valence electrons. The van der Waals surface area contributed by atoms with Crippen molar-refractivity contribution in [3.8, 4) is 11.4 Å². The molecule has 0 aliphatic rings. The van der Waals surface area contributed by atoms with Crippen LogP contribution >= 0.6 is 11.6 Å². The number of rotatable bonds is 6. The van der Waals surface area contributed by atoms with Gasteiger partial charge < -0.3 is 9.84 Å². The van der Waals surface area contributed by atoms with E-state index in [2.05, 4.69) is 29.3 Å². The standard InChI is InChI=1S/C14H18ClN3O/c1-3-10(16-4-2)9-13-17-14(18-19-13)11-7-5-6-8-12(11)15/h5-8,10,16H,3-4,9H2,1-2H3. The monoisotopic (exact) mass is 279 g/mol. The molecule has 5 heteroatoms. The normalized spacial score (nSPS) is 12.6. The van der Waals surface area contributed by atoms with Gasteiger partial charge in [0.1, 0.15) is 0 Å². The quantitative estimate of drug-likeness (QED) is 0.881. The largest absolute Gasteiger partial charge is 0.339 e. The molecular formula is C14H18ClN3O. The number of aromatic nitrogens is 2. The van der Waals surface area contributed by atoms with Gasteiger partial charge in [0.05, 0.1) is 5.02 Å². The number of hydrogen-bond acceptors (Lipinski definition) is 4. The van der Waals surface area contributed by atoms with E-state index in [1.165, 1.54) is 0 Å². The van der Waals surface area contributed by atoms with Crippen LogP contribution in [0.3, 0.4) is 0 Å². The van der Waals surface area contributed by atoms with Gasteiger partial charge in [-0.3, -0.25) is 0 Å². The Morgan fingerprint density at radius 3 is 2.79 bits per heavy atom. The third-order valence-electron chi connectivity index (χ3n) is 2.99. The molecule has 0 bridgehead atoms. The summed E-state index contributed by atoms with van der Waals surface area (Å²) in [6.07, 6.45) is 1.76. The summed E-state index contributed by atoms with van der Waals surface area (Å²) >= 11 is 6.12. The number of hydrogen-bond donors (Lipinski definition) is 1. The van der Waals surface area contributed by atoms with Crippen molar-refractivity contribution in [3.05, 3.63) is 35.2 Å². The fourth-order valence-electron chi connectivity index (χ4n) is 1.95. The Bertz CT molecular complexity index is 527. The lowest BCUT2D eigenvalue weighted by molar-refractivity contribution is 0.355. The van der Waals surface area contributed by atoms with Gasteiger partial charge in [-0.05, 0) is 25.1 Å². The highest BCUT2D eigenvalue weighted by Gasteiger charge is 2.14. The first-order valence-corrected chi connectivity index (χ1v) is 6.93. The smallest absolute Gasteiger partial charge is 0.228 e. The molecule has 1 heterocycles. The molecule has 0 amide bonds. The van der Waals surface area contributed by atoms with Crippen molar-refractivity contribution in [1.82, 2.24) is 15.5 Å². The lowest BCUT2D eigenvalue weighted by Crippen LogP contribution is -2.30. The molecular weight excluding hydrogens is 262 g/mol. The minimum absolute atomic E-state index is 0.365. The maximum absolute atomic E-state index is 6.12. The highest BCUT2D eigenvalue weighted by molar-refractivity contribution is 6.33. The Hall–Kier alpha value is -1.39. The minimum Gasteiger partial charge on any atom is -0.339 e. The molecule has 1 unspecified atom stereocenters. The molecule has 0 aliphatic heterocycles. The zero-order valence-electron chi connectivity index (χ0n) is 11.2. The zero-order valence-corrected chi connectivity index (χ0v) is 11.9. The maximum atomic E-state index is 6.12. The lowest BCUT2D eigenvalue weighted by Gasteiger charge is -2.12. The molecule has 1 atom stereocenters. The first kappa shape index (κ1) is 14.0. The lowest BCUT2D eigenvalue weighted by atomic mass is 10.1. The van der Waals surface area contributed by atoms with Gasteiger partial charge in [-0.15, -0.1) is 0 Å². The van der Waals surface area contributed by atoms with Crippen molar-refractivity contribution >= 4 is 11.6 Å². The van der Waals surface area contributed by atoms with Crippen molar-refractivity contribution in [2.75, 3.05) is 6.54 Å². The van der Waals surface area contributed by atoms with Gasteiger partial charge in [-0.2, -0.15) is 4.98 Å². The van der Waals surface area contributed by atoms with Gasteiger partial charge in [0.25, 0.3) is 0 Å². The number of nitrogens with one attached hydrogen (secondary N) is 1. The third kappa shape index (κ3) is 3.55. The van der Waals surface area contributed by atoms with Crippen molar-refractivity contribution in [3.63, 3.8) is 0 Å². The summed E-state index contributed by atoms with van der Waals surface area (Å²) in [6.45, 7) is 5.16. The molecule has 2 aromatic rings. The minimum atomic E-state index is 0.365. The highest BCUT2D eigenvalue weighted by Crippen LogP contribution is 2.25. The van der Waals surface area contributed by atoms with Gasteiger partial charge in [0.2, 0.25) is 11.7 Å². The molecule has 0 aliphatic carbocycles. The van der Waals surface area contributed by atoms with Gasteiger partial charge in [0, 0.05) is 18.0 Å². The van der Waals surface area contributed by atoms with Gasteiger partial charge >= 0.3 is 0 Å². The van der Waals surface area contributed by atoms with E-state index in [9.17, 15) is 0 Å². The van der Waals surface area contributed by atoms with E-state index in [0.29, 0.717) is 22.8 Å². The van der Waals surface area contributed by atoms with E-state index in [4.69, 9.17) is 16.1 Å². The summed E-state index contributed by atoms with van der Waals surface area (Å²) in [7, 11) is 0. The number of nitrogens with zero attached hydrogens (tertiary/aromatic N) is 2. The fourth-order valence-corrected chi connectivity index (χ4v) is 2.17. The Morgan fingerprint density at radius 2 is 2.11 bits per heavy atom. The van der Waals surface area contributed by atoms with E-state index in [-0.39, 0.29) is 0 Å². The number of halogens is 1. The van der Waals surface area contributed by atoms with Gasteiger partial charge in [-0.25, -0.2) is 0 Å². The van der Waals surface area contributed by atoms with E-state index in [1.54, 1.807) is 0 Å². The predicted octanol–water partition coefficient (Wildman–Crippen LogP) is 3.32. The van der Waals surface area contributed by atoms with Crippen molar-refractivity contribution in [1.29, 1.82) is 0 Å². The van der Waals surface area contributed by atoms with Crippen molar-refractivity contribution < 1.29 is 4.52 Å². The average molecular weight is 280 g/mol. The molecule has 19 heavy (non-hydrogen) atoms. The molecule has 4 nitrogen and oxygen atoms in total. The molecule has 0 radical (unpaired) electrons. The molecule has 0 saturated carbocycles.